The van der Waals surface area contributed by atoms with Crippen LogP contribution >= 0.6 is 0 Å². The largest absolute Gasteiger partial charge is 0.416 e. The number of piperidine rings is 1. The van der Waals surface area contributed by atoms with E-state index in [1.807, 2.05) is 17.2 Å². The predicted molar refractivity (Wildman–Crippen MR) is 145 cm³/mol. The monoisotopic (exact) mass is 547 g/mol. The van der Waals surface area contributed by atoms with Crippen LogP contribution in [0.1, 0.15) is 29.5 Å². The third-order valence-corrected chi connectivity index (χ3v) is 7.12. The van der Waals surface area contributed by atoms with Crippen LogP contribution in [0.25, 0.3) is 21.9 Å². The van der Waals surface area contributed by atoms with E-state index >= 15 is 0 Å². The molecule has 0 spiro atoms. The lowest BCUT2D eigenvalue weighted by Gasteiger charge is -2.33. The number of hydrogen-bond acceptors (Lipinski definition) is 5. The van der Waals surface area contributed by atoms with Crippen molar-refractivity contribution in [2.75, 3.05) is 18.0 Å². The zero-order valence-electron chi connectivity index (χ0n) is 21.9. The molecule has 9 heteroatoms. The molecule has 0 saturated carbocycles. The van der Waals surface area contributed by atoms with Gasteiger partial charge in [0.2, 0.25) is 5.91 Å². The first-order valence-corrected chi connectivity index (χ1v) is 12.8. The lowest BCUT2D eigenvalue weighted by molar-refractivity contribution is -0.191. The molecule has 0 atom stereocenters. The quantitative estimate of drug-likeness (QED) is 0.323. The van der Waals surface area contributed by atoms with Gasteiger partial charge in [-0.2, -0.15) is 22.8 Å². The Morgan fingerprint density at radius 3 is 2.35 bits per heavy atom. The predicted octanol–water partition coefficient (Wildman–Crippen LogP) is 6.18. The number of aryl methyl sites for hydroxylation is 1. The second-order valence-electron chi connectivity index (χ2n) is 9.67. The number of halogens is 3. The van der Waals surface area contributed by atoms with Crippen LogP contribution in [0.5, 0.6) is 0 Å². The first kappa shape index (κ1) is 28.5. The Hall–Kier alpha value is -4.49. The topological polar surface area (TPSA) is 79.4 Å². The van der Waals surface area contributed by atoms with Gasteiger partial charge in [-0.25, -0.2) is 0 Å². The molecule has 0 bridgehead atoms. The van der Waals surface area contributed by atoms with Crippen molar-refractivity contribution in [1.82, 2.24) is 10.3 Å². The standard InChI is InChI=1S/C30H28F3N3O.CO2/c1-20-3-2-4-22(17-20)26-10-5-23(28-19-34-14-11-27(26)28)18-35-29(37)21-12-15-36(16-13-21)25-8-6-24(7-9-25)30(31,32)33;2-1-3/h2-11,14,17,19,21H,12-13,15-16,18H2,1H3,(H,35,37);. The molecule has 206 valence electrons. The Morgan fingerprint density at radius 1 is 1.00 bits per heavy atom. The number of anilines is 1. The number of pyridine rings is 1. The highest BCUT2D eigenvalue weighted by atomic mass is 19.4. The molecular formula is C31H28F3N3O3. The summed E-state index contributed by atoms with van der Waals surface area (Å²) < 4.78 is 38.5. The zero-order valence-corrected chi connectivity index (χ0v) is 21.9. The van der Waals surface area contributed by atoms with Crippen LogP contribution in [0.15, 0.2) is 79.1 Å². The van der Waals surface area contributed by atoms with Gasteiger partial charge in [-0.3, -0.25) is 9.78 Å². The Morgan fingerprint density at radius 2 is 1.70 bits per heavy atom. The third-order valence-electron chi connectivity index (χ3n) is 7.12. The van der Waals surface area contributed by atoms with Crippen molar-refractivity contribution in [3.63, 3.8) is 0 Å². The van der Waals surface area contributed by atoms with E-state index in [4.69, 9.17) is 9.59 Å². The van der Waals surface area contributed by atoms with E-state index in [0.29, 0.717) is 32.5 Å². The van der Waals surface area contributed by atoms with Gasteiger partial charge in [0.1, 0.15) is 0 Å². The summed E-state index contributed by atoms with van der Waals surface area (Å²) in [6.07, 6.45) is 0.849. The number of benzene rings is 3. The zero-order chi connectivity index (χ0) is 28.7. The van der Waals surface area contributed by atoms with Crippen molar-refractivity contribution in [2.45, 2.75) is 32.5 Å². The van der Waals surface area contributed by atoms with Crippen LogP contribution in [0.4, 0.5) is 18.9 Å². The number of aromatic nitrogens is 1. The Balaban J connectivity index is 0.00000118. The molecule has 1 aliphatic rings. The molecule has 1 amide bonds. The molecule has 5 rings (SSSR count). The van der Waals surface area contributed by atoms with Gasteiger partial charge in [-0.05, 0) is 72.2 Å². The molecule has 2 heterocycles. The SMILES string of the molecule is Cc1cccc(-c2ccc(CNC(=O)C3CCN(c4ccc(C(F)(F)F)cc4)CC3)c3cnccc23)c1.O=C=O. The van der Waals surface area contributed by atoms with Gasteiger partial charge in [0.05, 0.1) is 5.56 Å². The van der Waals surface area contributed by atoms with Crippen molar-refractivity contribution in [2.24, 2.45) is 5.92 Å². The van der Waals surface area contributed by atoms with Crippen LogP contribution in [0.3, 0.4) is 0 Å². The fourth-order valence-electron chi connectivity index (χ4n) is 5.05. The first-order valence-electron chi connectivity index (χ1n) is 12.8. The molecule has 0 unspecified atom stereocenters. The van der Waals surface area contributed by atoms with Crippen molar-refractivity contribution >= 4 is 28.5 Å². The van der Waals surface area contributed by atoms with E-state index in [1.54, 1.807) is 6.20 Å². The molecule has 0 aliphatic carbocycles. The van der Waals surface area contributed by atoms with Gasteiger partial charge in [-0.15, -0.1) is 0 Å². The van der Waals surface area contributed by atoms with Crippen LogP contribution in [0, 0.1) is 12.8 Å². The van der Waals surface area contributed by atoms with Gasteiger partial charge >= 0.3 is 12.3 Å². The van der Waals surface area contributed by atoms with Gasteiger partial charge in [0.25, 0.3) is 0 Å². The van der Waals surface area contributed by atoms with Gasteiger partial charge in [-0.1, -0.05) is 42.0 Å². The lowest BCUT2D eigenvalue weighted by Crippen LogP contribution is -2.40. The van der Waals surface area contributed by atoms with Crippen LogP contribution < -0.4 is 10.2 Å². The minimum Gasteiger partial charge on any atom is -0.371 e. The Kier molecular flexibility index (Phi) is 8.97. The van der Waals surface area contributed by atoms with E-state index in [0.717, 1.165) is 45.3 Å². The van der Waals surface area contributed by atoms with E-state index < -0.39 is 11.7 Å². The number of hydrogen-bond donors (Lipinski definition) is 1. The highest BCUT2D eigenvalue weighted by Gasteiger charge is 2.31. The number of amides is 1. The number of rotatable bonds is 5. The third kappa shape index (κ3) is 6.74. The maximum Gasteiger partial charge on any atom is 0.416 e. The molecule has 0 radical (unpaired) electrons. The van der Waals surface area contributed by atoms with Crippen molar-refractivity contribution in [3.05, 3.63) is 95.8 Å². The second-order valence-corrected chi connectivity index (χ2v) is 9.67. The van der Waals surface area contributed by atoms with Crippen molar-refractivity contribution in [1.29, 1.82) is 0 Å². The molecule has 1 saturated heterocycles. The van der Waals surface area contributed by atoms with Crippen molar-refractivity contribution < 1.29 is 27.6 Å². The van der Waals surface area contributed by atoms with Gasteiger partial charge in [0.15, 0.2) is 0 Å². The first-order chi connectivity index (χ1) is 19.2. The summed E-state index contributed by atoms with van der Waals surface area (Å²) in [5, 5.41) is 5.21. The average Bonchev–Trinajstić information content (AvgIpc) is 2.96. The number of nitrogens with zero attached hydrogens (tertiary/aromatic N) is 2. The minimum atomic E-state index is -4.34. The van der Waals surface area contributed by atoms with E-state index in [9.17, 15) is 18.0 Å². The summed E-state index contributed by atoms with van der Waals surface area (Å²) in [5.74, 6) is -0.117. The summed E-state index contributed by atoms with van der Waals surface area (Å²) in [5.41, 5.74) is 4.58. The van der Waals surface area contributed by atoms with Crippen LogP contribution in [0.2, 0.25) is 0 Å². The number of fused-ring (bicyclic) bond motifs is 1. The van der Waals surface area contributed by atoms with Gasteiger partial charge < -0.3 is 10.2 Å². The van der Waals surface area contributed by atoms with Crippen molar-refractivity contribution in [3.8, 4) is 11.1 Å². The highest BCUT2D eigenvalue weighted by Crippen LogP contribution is 2.33. The molecule has 40 heavy (non-hydrogen) atoms. The average molecular weight is 548 g/mol. The fourth-order valence-corrected chi connectivity index (χ4v) is 5.05. The lowest BCUT2D eigenvalue weighted by atomic mass is 9.94. The molecule has 1 aromatic heterocycles. The Bertz CT molecular complexity index is 1510. The normalized spacial score (nSPS) is 13.8. The summed E-state index contributed by atoms with van der Waals surface area (Å²) in [7, 11) is 0. The number of alkyl halides is 3. The summed E-state index contributed by atoms with van der Waals surface area (Å²) in [6, 6.07) is 19.8. The number of nitrogens with one attached hydrogen (secondary N) is 1. The molecule has 4 aromatic rings. The fraction of sp³-hybridized carbons (Fsp3) is 0.258. The van der Waals surface area contributed by atoms with E-state index in [-0.39, 0.29) is 18.0 Å². The molecule has 1 aliphatic heterocycles. The maximum absolute atomic E-state index is 13.0. The minimum absolute atomic E-state index is 0.00636. The van der Waals surface area contributed by atoms with E-state index in [2.05, 4.69) is 53.6 Å². The number of carbonyl (C=O) groups is 1. The number of carbonyl (C=O) groups excluding carboxylic acids is 3. The maximum atomic E-state index is 13.0. The molecule has 1 N–H and O–H groups in total. The molecule has 3 aromatic carbocycles. The molecular weight excluding hydrogens is 519 g/mol. The van der Waals surface area contributed by atoms with Gasteiger partial charge in [0, 0.05) is 49.0 Å². The smallest absolute Gasteiger partial charge is 0.371 e. The summed E-state index contributed by atoms with van der Waals surface area (Å²) in [6.45, 7) is 3.74. The molecule has 6 nitrogen and oxygen atoms in total. The summed E-state index contributed by atoms with van der Waals surface area (Å²) >= 11 is 0. The van der Waals surface area contributed by atoms with Crippen LogP contribution in [-0.4, -0.2) is 30.1 Å². The highest BCUT2D eigenvalue weighted by molar-refractivity contribution is 5.98. The Labute approximate surface area is 229 Å². The van der Waals surface area contributed by atoms with E-state index in [1.165, 1.54) is 17.7 Å². The second kappa shape index (κ2) is 12.6. The summed E-state index contributed by atoms with van der Waals surface area (Å²) in [4.78, 5) is 35.6. The molecule has 1 fully saturated rings. The van der Waals surface area contributed by atoms with Crippen LogP contribution in [-0.2, 0) is 27.1 Å².